The molecule has 1 aromatic carbocycles. The van der Waals surface area contributed by atoms with Crippen molar-refractivity contribution in [1.82, 2.24) is 0 Å². The molecule has 0 amide bonds. The summed E-state index contributed by atoms with van der Waals surface area (Å²) in [5.41, 5.74) is 5.90. The Morgan fingerprint density at radius 1 is 1.30 bits per heavy atom. The average Bonchev–Trinajstić information content (AvgIpc) is 2.13. The molecule has 1 aromatic rings. The Balaban J connectivity index is 2.73. The van der Waals surface area contributed by atoms with E-state index in [1.165, 1.54) is 29.5 Å². The number of fused-ring (bicyclic) bond motifs is 2. The van der Waals surface area contributed by atoms with Crippen molar-refractivity contribution in [3.63, 3.8) is 0 Å². The highest BCUT2D eigenvalue weighted by molar-refractivity contribution is 5.43. The number of rotatable bonds is 0. The number of aryl methyl sites for hydroxylation is 2. The fourth-order valence-electron chi connectivity index (χ4n) is 1.76. The van der Waals surface area contributed by atoms with E-state index < -0.39 is 0 Å². The highest BCUT2D eigenvalue weighted by Gasteiger charge is 2.13. The Bertz CT molecular complexity index is 272. The standard InChI is InChI=1S/C10H11/c1-7-3-4-9-5-6-10(7)8(9)2/h3H,5-6H2,1-2H3. The van der Waals surface area contributed by atoms with Gasteiger partial charge in [0.2, 0.25) is 0 Å². The largest absolute Gasteiger partial charge is 0.0509 e. The van der Waals surface area contributed by atoms with Crippen molar-refractivity contribution in [2.45, 2.75) is 26.7 Å². The number of hydrogen-bond donors (Lipinski definition) is 0. The van der Waals surface area contributed by atoms with Gasteiger partial charge in [-0.2, -0.15) is 0 Å². The molecule has 0 N–H and O–H groups in total. The third-order valence-electron chi connectivity index (χ3n) is 2.47. The lowest BCUT2D eigenvalue weighted by Gasteiger charge is -2.00. The smallest absolute Gasteiger partial charge is 0.0143 e. The van der Waals surface area contributed by atoms with Crippen LogP contribution in [0.3, 0.4) is 0 Å². The molecule has 0 aromatic heterocycles. The van der Waals surface area contributed by atoms with Crippen LogP contribution in [-0.2, 0) is 12.8 Å². The molecule has 0 aliphatic heterocycles. The van der Waals surface area contributed by atoms with Crippen LogP contribution in [0.2, 0.25) is 0 Å². The topological polar surface area (TPSA) is 0 Å². The molecule has 0 heterocycles. The van der Waals surface area contributed by atoms with Gasteiger partial charge >= 0.3 is 0 Å². The van der Waals surface area contributed by atoms with Crippen LogP contribution >= 0.6 is 0 Å². The molecule has 0 atom stereocenters. The molecule has 0 saturated carbocycles. The second-order valence-electron chi connectivity index (χ2n) is 3.05. The second kappa shape index (κ2) is 1.85. The third kappa shape index (κ3) is 0.620. The summed E-state index contributed by atoms with van der Waals surface area (Å²) in [5, 5.41) is 0. The van der Waals surface area contributed by atoms with Gasteiger partial charge in [0, 0.05) is 0 Å². The first kappa shape index (κ1) is 5.96. The van der Waals surface area contributed by atoms with E-state index >= 15 is 0 Å². The number of hydrogen-bond acceptors (Lipinski definition) is 0. The van der Waals surface area contributed by atoms with E-state index in [2.05, 4.69) is 26.0 Å². The van der Waals surface area contributed by atoms with Gasteiger partial charge in [0.25, 0.3) is 0 Å². The molecule has 2 rings (SSSR count). The normalized spacial score (nSPS) is 14.2. The Morgan fingerprint density at radius 3 is 2.80 bits per heavy atom. The lowest BCUT2D eigenvalue weighted by Crippen LogP contribution is -1.84. The summed E-state index contributed by atoms with van der Waals surface area (Å²) in [6.45, 7) is 4.38. The highest BCUT2D eigenvalue weighted by Crippen LogP contribution is 2.26. The molecule has 1 radical (unpaired) electrons. The molecule has 0 saturated heterocycles. The molecular weight excluding hydrogens is 120 g/mol. The summed E-state index contributed by atoms with van der Waals surface area (Å²) in [5.74, 6) is 0. The average molecular weight is 131 g/mol. The van der Waals surface area contributed by atoms with Gasteiger partial charge in [-0.1, -0.05) is 6.07 Å². The number of benzene rings is 1. The fourth-order valence-corrected chi connectivity index (χ4v) is 1.76. The van der Waals surface area contributed by atoms with E-state index in [0.29, 0.717) is 0 Å². The van der Waals surface area contributed by atoms with Crippen LogP contribution in [0.25, 0.3) is 0 Å². The molecule has 0 heteroatoms. The molecule has 0 unspecified atom stereocenters. The first-order chi connectivity index (χ1) is 4.79. The van der Waals surface area contributed by atoms with Crippen molar-refractivity contribution in [3.8, 4) is 0 Å². The van der Waals surface area contributed by atoms with Gasteiger partial charge in [0.05, 0.1) is 0 Å². The minimum absolute atomic E-state index is 1.22. The molecular formula is C10H11. The molecule has 10 heavy (non-hydrogen) atoms. The summed E-state index contributed by atoms with van der Waals surface area (Å²) in [6.07, 6.45) is 2.46. The van der Waals surface area contributed by atoms with Gasteiger partial charge in [0.15, 0.2) is 0 Å². The predicted molar refractivity (Wildman–Crippen MR) is 42.2 cm³/mol. The summed E-state index contributed by atoms with van der Waals surface area (Å²) in [4.78, 5) is 0. The predicted octanol–water partition coefficient (Wildman–Crippen LogP) is 2.20. The van der Waals surface area contributed by atoms with Gasteiger partial charge in [-0.15, -0.1) is 0 Å². The van der Waals surface area contributed by atoms with Crippen molar-refractivity contribution >= 4 is 0 Å². The van der Waals surface area contributed by atoms with Gasteiger partial charge < -0.3 is 0 Å². The van der Waals surface area contributed by atoms with Crippen molar-refractivity contribution in [3.05, 3.63) is 34.4 Å². The molecule has 1 aliphatic rings. The first-order valence-corrected chi connectivity index (χ1v) is 3.78. The van der Waals surface area contributed by atoms with Gasteiger partial charge in [0.1, 0.15) is 0 Å². The van der Waals surface area contributed by atoms with E-state index in [0.717, 1.165) is 0 Å². The lowest BCUT2D eigenvalue weighted by atomic mass is 10.1. The maximum absolute atomic E-state index is 3.31. The Labute approximate surface area is 61.9 Å². The summed E-state index contributed by atoms with van der Waals surface area (Å²) >= 11 is 0. The van der Waals surface area contributed by atoms with Crippen LogP contribution in [-0.4, -0.2) is 0 Å². The van der Waals surface area contributed by atoms with E-state index in [1.807, 2.05) is 0 Å². The van der Waals surface area contributed by atoms with Crippen LogP contribution in [0.1, 0.15) is 22.3 Å². The fraction of sp³-hybridized carbons (Fsp3) is 0.400. The second-order valence-corrected chi connectivity index (χ2v) is 3.05. The third-order valence-corrected chi connectivity index (χ3v) is 2.47. The first-order valence-electron chi connectivity index (χ1n) is 3.78. The quantitative estimate of drug-likeness (QED) is 0.506. The van der Waals surface area contributed by atoms with Gasteiger partial charge in [-0.25, -0.2) is 0 Å². The van der Waals surface area contributed by atoms with Crippen LogP contribution in [0.5, 0.6) is 0 Å². The Kier molecular flexibility index (Phi) is 1.10. The van der Waals surface area contributed by atoms with E-state index in [9.17, 15) is 0 Å². The summed E-state index contributed by atoms with van der Waals surface area (Å²) in [7, 11) is 0. The zero-order valence-corrected chi connectivity index (χ0v) is 6.49. The zero-order chi connectivity index (χ0) is 7.14. The Hall–Kier alpha value is -0.780. The van der Waals surface area contributed by atoms with Crippen LogP contribution < -0.4 is 0 Å². The van der Waals surface area contributed by atoms with Crippen molar-refractivity contribution in [2.75, 3.05) is 0 Å². The van der Waals surface area contributed by atoms with Gasteiger partial charge in [-0.05, 0) is 55.0 Å². The molecule has 2 bridgehead atoms. The van der Waals surface area contributed by atoms with Crippen LogP contribution in [0.15, 0.2) is 6.07 Å². The van der Waals surface area contributed by atoms with E-state index in [4.69, 9.17) is 0 Å². The van der Waals surface area contributed by atoms with Crippen LogP contribution in [0.4, 0.5) is 0 Å². The summed E-state index contributed by atoms with van der Waals surface area (Å²) in [6, 6.07) is 5.42. The van der Waals surface area contributed by atoms with Crippen molar-refractivity contribution in [2.24, 2.45) is 0 Å². The lowest BCUT2D eigenvalue weighted by molar-refractivity contribution is 1.02. The van der Waals surface area contributed by atoms with E-state index in [-0.39, 0.29) is 0 Å². The molecule has 51 valence electrons. The maximum Gasteiger partial charge on any atom is -0.0143 e. The maximum atomic E-state index is 3.31. The van der Waals surface area contributed by atoms with Crippen LogP contribution in [0, 0.1) is 19.9 Å². The Morgan fingerprint density at radius 2 is 2.10 bits per heavy atom. The minimum Gasteiger partial charge on any atom is -0.0509 e. The SMILES string of the molecule is Cc1c[c]c2c(C)c1CC2. The molecule has 0 fully saturated rings. The minimum atomic E-state index is 1.22. The monoisotopic (exact) mass is 131 g/mol. The van der Waals surface area contributed by atoms with E-state index in [1.54, 1.807) is 5.56 Å². The van der Waals surface area contributed by atoms with Crippen molar-refractivity contribution in [1.29, 1.82) is 0 Å². The highest BCUT2D eigenvalue weighted by atomic mass is 14.2. The summed E-state index contributed by atoms with van der Waals surface area (Å²) < 4.78 is 0. The molecule has 0 spiro atoms. The van der Waals surface area contributed by atoms with Gasteiger partial charge in [-0.3, -0.25) is 0 Å². The van der Waals surface area contributed by atoms with Crippen molar-refractivity contribution < 1.29 is 0 Å². The molecule has 0 nitrogen and oxygen atoms in total. The zero-order valence-electron chi connectivity index (χ0n) is 6.49. The molecule has 1 aliphatic carbocycles.